The number of likely N-dealkylation sites (tertiary alicyclic amines) is 1. The molecule has 2 aliphatic heterocycles. The smallest absolute Gasteiger partial charge is 0.322 e. The summed E-state index contributed by atoms with van der Waals surface area (Å²) < 4.78 is 13.0. The van der Waals surface area contributed by atoms with E-state index >= 15 is 0 Å². The highest BCUT2D eigenvalue weighted by molar-refractivity contribution is 6.07. The van der Waals surface area contributed by atoms with Crippen molar-refractivity contribution in [3.8, 4) is 0 Å². The number of urea groups is 2. The first kappa shape index (κ1) is 23.5. The van der Waals surface area contributed by atoms with Crippen LogP contribution in [-0.2, 0) is 16.1 Å². The van der Waals surface area contributed by atoms with Crippen molar-refractivity contribution in [1.82, 2.24) is 26.2 Å². The Morgan fingerprint density at radius 1 is 1.19 bits per heavy atom. The number of benzene rings is 1. The maximum atomic E-state index is 13.1. The largest absolute Gasteiger partial charge is 0.341 e. The minimum absolute atomic E-state index is 0.0810. The first-order valence-electron chi connectivity index (χ1n) is 10.8. The zero-order chi connectivity index (χ0) is 23.5. The van der Waals surface area contributed by atoms with Gasteiger partial charge in [-0.15, -0.1) is 0 Å². The second-order valence-electron chi connectivity index (χ2n) is 8.89. The minimum Gasteiger partial charge on any atom is -0.341 e. The molecule has 2 heterocycles. The standard InChI is InChI=1S/C22H30FN5O4/c1-13(2)17(25-20(31)24-12-14-4-6-16(23)7-5-14)18(29)28-10-8-15(9-11-28)22(3)19(30)26-21(32)27-22/h4-7,13,15,17H,8-12H2,1-3H3,(H2,24,25,31)(H2,26,27,30,32). The van der Waals surface area contributed by atoms with Crippen LogP contribution in [0.15, 0.2) is 24.3 Å². The molecule has 10 heteroatoms. The van der Waals surface area contributed by atoms with E-state index in [1.54, 1.807) is 24.0 Å². The Hall–Kier alpha value is -3.17. The maximum Gasteiger partial charge on any atom is 0.322 e. The number of amides is 6. The Balaban J connectivity index is 1.53. The Morgan fingerprint density at radius 3 is 2.34 bits per heavy atom. The van der Waals surface area contributed by atoms with Crippen LogP contribution < -0.4 is 21.3 Å². The topological polar surface area (TPSA) is 120 Å². The lowest BCUT2D eigenvalue weighted by Crippen LogP contribution is -2.57. The summed E-state index contributed by atoms with van der Waals surface area (Å²) in [6.45, 7) is 6.50. The third-order valence-electron chi connectivity index (χ3n) is 6.28. The third-order valence-corrected chi connectivity index (χ3v) is 6.28. The van der Waals surface area contributed by atoms with Crippen LogP contribution >= 0.6 is 0 Å². The summed E-state index contributed by atoms with van der Waals surface area (Å²) in [4.78, 5) is 50.9. The molecule has 6 amide bonds. The molecule has 0 aromatic heterocycles. The molecule has 0 radical (unpaired) electrons. The molecule has 0 bridgehead atoms. The van der Waals surface area contributed by atoms with E-state index < -0.39 is 23.6 Å². The molecule has 2 unspecified atom stereocenters. The summed E-state index contributed by atoms with van der Waals surface area (Å²) in [5.41, 5.74) is -0.227. The van der Waals surface area contributed by atoms with Gasteiger partial charge in [-0.25, -0.2) is 14.0 Å². The van der Waals surface area contributed by atoms with Crippen molar-refractivity contribution in [2.75, 3.05) is 13.1 Å². The highest BCUT2D eigenvalue weighted by Crippen LogP contribution is 2.31. The molecule has 174 valence electrons. The number of halogens is 1. The van der Waals surface area contributed by atoms with Crippen molar-refractivity contribution in [3.05, 3.63) is 35.6 Å². The summed E-state index contributed by atoms with van der Waals surface area (Å²) in [5, 5.41) is 10.4. The average molecular weight is 448 g/mol. The lowest BCUT2D eigenvalue weighted by Gasteiger charge is -2.40. The van der Waals surface area contributed by atoms with Crippen LogP contribution in [-0.4, -0.2) is 53.4 Å². The summed E-state index contributed by atoms with van der Waals surface area (Å²) in [6, 6.07) is 4.13. The maximum absolute atomic E-state index is 13.1. The average Bonchev–Trinajstić information content (AvgIpc) is 3.03. The van der Waals surface area contributed by atoms with Gasteiger partial charge in [-0.1, -0.05) is 26.0 Å². The summed E-state index contributed by atoms with van der Waals surface area (Å²) in [7, 11) is 0. The van der Waals surface area contributed by atoms with Gasteiger partial charge in [0.2, 0.25) is 5.91 Å². The molecular formula is C22H30FN5O4. The van der Waals surface area contributed by atoms with Crippen molar-refractivity contribution < 1.29 is 23.6 Å². The van der Waals surface area contributed by atoms with Gasteiger partial charge in [0.15, 0.2) is 0 Å². The molecule has 9 nitrogen and oxygen atoms in total. The van der Waals surface area contributed by atoms with E-state index in [1.807, 2.05) is 13.8 Å². The van der Waals surface area contributed by atoms with Crippen LogP contribution in [0.1, 0.15) is 39.2 Å². The second kappa shape index (κ2) is 9.54. The van der Waals surface area contributed by atoms with E-state index in [-0.39, 0.29) is 36.0 Å². The van der Waals surface area contributed by atoms with Gasteiger partial charge in [0, 0.05) is 19.6 Å². The molecule has 2 atom stereocenters. The van der Waals surface area contributed by atoms with E-state index in [9.17, 15) is 23.6 Å². The normalized spacial score (nSPS) is 22.3. The summed E-state index contributed by atoms with van der Waals surface area (Å²) >= 11 is 0. The van der Waals surface area contributed by atoms with Gasteiger partial charge in [-0.2, -0.15) is 0 Å². The fourth-order valence-electron chi connectivity index (χ4n) is 4.21. The monoisotopic (exact) mass is 447 g/mol. The van der Waals surface area contributed by atoms with Crippen LogP contribution in [0.25, 0.3) is 0 Å². The molecular weight excluding hydrogens is 417 g/mol. The second-order valence-corrected chi connectivity index (χ2v) is 8.89. The number of rotatable bonds is 6. The number of nitrogens with one attached hydrogen (secondary N) is 4. The molecule has 0 aliphatic carbocycles. The van der Waals surface area contributed by atoms with Crippen LogP contribution in [0.4, 0.5) is 14.0 Å². The molecule has 3 rings (SSSR count). The number of carbonyl (C=O) groups is 4. The van der Waals surface area contributed by atoms with Crippen molar-refractivity contribution in [2.45, 2.75) is 51.7 Å². The van der Waals surface area contributed by atoms with Gasteiger partial charge in [0.05, 0.1) is 0 Å². The summed E-state index contributed by atoms with van der Waals surface area (Å²) in [5.74, 6) is -1.08. The van der Waals surface area contributed by atoms with Gasteiger partial charge in [0.1, 0.15) is 17.4 Å². The van der Waals surface area contributed by atoms with Gasteiger partial charge >= 0.3 is 12.1 Å². The molecule has 2 saturated heterocycles. The number of piperidine rings is 1. The van der Waals surface area contributed by atoms with Gasteiger partial charge in [0.25, 0.3) is 5.91 Å². The molecule has 2 aliphatic rings. The Morgan fingerprint density at radius 2 is 1.81 bits per heavy atom. The molecule has 1 aromatic carbocycles. The number of nitrogens with zero attached hydrogens (tertiary/aromatic N) is 1. The van der Waals surface area contributed by atoms with E-state index in [0.29, 0.717) is 25.9 Å². The van der Waals surface area contributed by atoms with Crippen LogP contribution in [0.5, 0.6) is 0 Å². The summed E-state index contributed by atoms with van der Waals surface area (Å²) in [6.07, 6.45) is 1.13. The van der Waals surface area contributed by atoms with E-state index in [2.05, 4.69) is 21.3 Å². The highest BCUT2D eigenvalue weighted by Gasteiger charge is 2.49. The predicted molar refractivity (Wildman–Crippen MR) is 115 cm³/mol. The van der Waals surface area contributed by atoms with Crippen LogP contribution in [0, 0.1) is 17.7 Å². The van der Waals surface area contributed by atoms with Crippen molar-refractivity contribution in [3.63, 3.8) is 0 Å². The number of carbonyl (C=O) groups excluding carboxylic acids is 4. The SMILES string of the molecule is CC(C)C(NC(=O)NCc1ccc(F)cc1)C(=O)N1CCC(C2(C)NC(=O)NC2=O)CC1. The van der Waals surface area contributed by atoms with E-state index in [1.165, 1.54) is 12.1 Å². The van der Waals surface area contributed by atoms with Crippen molar-refractivity contribution in [1.29, 1.82) is 0 Å². The van der Waals surface area contributed by atoms with Crippen molar-refractivity contribution >= 4 is 23.9 Å². The fraction of sp³-hybridized carbons (Fsp3) is 0.545. The minimum atomic E-state index is -0.970. The third kappa shape index (κ3) is 5.17. The number of hydrogen-bond donors (Lipinski definition) is 4. The Kier molecular flexibility index (Phi) is 7.00. The first-order valence-corrected chi connectivity index (χ1v) is 10.8. The number of imide groups is 1. The quantitative estimate of drug-likeness (QED) is 0.494. The lowest BCUT2D eigenvalue weighted by molar-refractivity contribution is -0.136. The Bertz CT molecular complexity index is 883. The Labute approximate surface area is 186 Å². The zero-order valence-corrected chi connectivity index (χ0v) is 18.5. The highest BCUT2D eigenvalue weighted by atomic mass is 19.1. The molecule has 0 spiro atoms. The first-order chi connectivity index (χ1) is 15.1. The van der Waals surface area contributed by atoms with Gasteiger partial charge in [-0.05, 0) is 49.3 Å². The van der Waals surface area contributed by atoms with Crippen molar-refractivity contribution in [2.24, 2.45) is 11.8 Å². The molecule has 4 N–H and O–H groups in total. The van der Waals surface area contributed by atoms with E-state index in [4.69, 9.17) is 0 Å². The molecule has 0 saturated carbocycles. The molecule has 1 aromatic rings. The zero-order valence-electron chi connectivity index (χ0n) is 18.5. The fourth-order valence-corrected chi connectivity index (χ4v) is 4.21. The van der Waals surface area contributed by atoms with Gasteiger partial charge in [-0.3, -0.25) is 14.9 Å². The van der Waals surface area contributed by atoms with E-state index in [0.717, 1.165) is 5.56 Å². The van der Waals surface area contributed by atoms with Gasteiger partial charge < -0.3 is 20.9 Å². The van der Waals surface area contributed by atoms with Crippen LogP contribution in [0.3, 0.4) is 0 Å². The predicted octanol–water partition coefficient (Wildman–Crippen LogP) is 1.49. The molecule has 32 heavy (non-hydrogen) atoms. The lowest BCUT2D eigenvalue weighted by atomic mass is 9.79. The molecule has 2 fully saturated rings. The van der Waals surface area contributed by atoms with Crippen LogP contribution in [0.2, 0.25) is 0 Å². The number of hydrogen-bond acceptors (Lipinski definition) is 4.